The zero-order valence-electron chi connectivity index (χ0n) is 13.5. The molecule has 1 heterocycles. The van der Waals surface area contributed by atoms with Crippen molar-refractivity contribution in [3.05, 3.63) is 65.0 Å². The Kier molecular flexibility index (Phi) is 5.30. The number of halogens is 1. The third-order valence-electron chi connectivity index (χ3n) is 3.55. The van der Waals surface area contributed by atoms with E-state index in [1.165, 1.54) is 0 Å². The van der Waals surface area contributed by atoms with E-state index in [1.54, 1.807) is 31.4 Å². The van der Waals surface area contributed by atoms with Gasteiger partial charge in [-0.3, -0.25) is 4.79 Å². The summed E-state index contributed by atoms with van der Waals surface area (Å²) in [6.07, 6.45) is 0.430. The second kappa shape index (κ2) is 7.81. The van der Waals surface area contributed by atoms with Crippen molar-refractivity contribution in [1.29, 1.82) is 0 Å². The smallest absolute Gasteiger partial charge is 0.252 e. The van der Waals surface area contributed by atoms with Crippen LogP contribution in [0.2, 0.25) is 5.02 Å². The highest BCUT2D eigenvalue weighted by Crippen LogP contribution is 2.21. The van der Waals surface area contributed by atoms with Gasteiger partial charge in [0.25, 0.3) is 5.91 Å². The maximum atomic E-state index is 12.1. The second-order valence-electron chi connectivity index (χ2n) is 5.22. The third-order valence-corrected chi connectivity index (χ3v) is 3.88. The number of nitrogens with one attached hydrogen (secondary N) is 1. The minimum atomic E-state index is -0.236. The quantitative estimate of drug-likeness (QED) is 0.731. The van der Waals surface area contributed by atoms with Gasteiger partial charge in [-0.2, -0.15) is 0 Å². The van der Waals surface area contributed by atoms with Gasteiger partial charge in [-0.1, -0.05) is 23.7 Å². The van der Waals surface area contributed by atoms with Crippen LogP contribution >= 0.6 is 11.6 Å². The summed E-state index contributed by atoms with van der Waals surface area (Å²) >= 11 is 6.00. The van der Waals surface area contributed by atoms with Crippen molar-refractivity contribution in [2.24, 2.45) is 0 Å². The number of carbonyl (C=O) groups excluding carboxylic acids is 1. The van der Waals surface area contributed by atoms with Crippen LogP contribution in [0.1, 0.15) is 16.2 Å². The molecule has 25 heavy (non-hydrogen) atoms. The Hall–Kier alpha value is -2.86. The van der Waals surface area contributed by atoms with Crippen molar-refractivity contribution in [2.45, 2.75) is 6.42 Å². The molecular formula is C18H16ClN3O3. The van der Waals surface area contributed by atoms with E-state index in [2.05, 4.69) is 15.5 Å². The molecule has 2 aromatic carbocycles. The number of rotatable bonds is 6. The lowest BCUT2D eigenvalue weighted by atomic mass is 10.2. The van der Waals surface area contributed by atoms with E-state index in [0.29, 0.717) is 35.3 Å². The molecule has 0 radical (unpaired) electrons. The molecule has 0 fully saturated rings. The first kappa shape index (κ1) is 17.0. The van der Waals surface area contributed by atoms with Crippen LogP contribution in [0.25, 0.3) is 11.5 Å². The van der Waals surface area contributed by atoms with Crippen LogP contribution in [0.15, 0.2) is 52.9 Å². The Bertz CT molecular complexity index is 862. The summed E-state index contributed by atoms with van der Waals surface area (Å²) in [5.41, 5.74) is 1.24. The number of benzene rings is 2. The summed E-state index contributed by atoms with van der Waals surface area (Å²) in [5, 5.41) is 11.2. The van der Waals surface area contributed by atoms with Gasteiger partial charge in [0.1, 0.15) is 5.75 Å². The molecule has 128 valence electrons. The summed E-state index contributed by atoms with van der Waals surface area (Å²) in [5.74, 6) is 1.40. The predicted molar refractivity (Wildman–Crippen MR) is 93.8 cm³/mol. The number of aromatic nitrogens is 2. The Balaban J connectivity index is 1.56. The van der Waals surface area contributed by atoms with Crippen LogP contribution in [0.3, 0.4) is 0 Å². The number of ether oxygens (including phenoxy) is 1. The molecule has 3 aromatic rings. The predicted octanol–water partition coefficient (Wildman–Crippen LogP) is 3.37. The highest BCUT2D eigenvalue weighted by molar-refractivity contribution is 6.33. The van der Waals surface area contributed by atoms with E-state index in [-0.39, 0.29) is 5.91 Å². The van der Waals surface area contributed by atoms with Crippen molar-refractivity contribution < 1.29 is 13.9 Å². The SMILES string of the molecule is COc1ccc(-c2nnc(CCNC(=O)c3ccccc3Cl)o2)cc1. The topological polar surface area (TPSA) is 77.3 Å². The van der Waals surface area contributed by atoms with Crippen LogP contribution in [0, 0.1) is 0 Å². The molecule has 1 amide bonds. The van der Waals surface area contributed by atoms with Gasteiger partial charge in [0.2, 0.25) is 11.8 Å². The molecule has 0 aliphatic carbocycles. The van der Waals surface area contributed by atoms with E-state index in [0.717, 1.165) is 11.3 Å². The lowest BCUT2D eigenvalue weighted by molar-refractivity contribution is 0.0954. The minimum Gasteiger partial charge on any atom is -0.497 e. The summed E-state index contributed by atoms with van der Waals surface area (Å²) in [6, 6.07) is 14.2. The van der Waals surface area contributed by atoms with Crippen molar-refractivity contribution in [3.63, 3.8) is 0 Å². The fourth-order valence-electron chi connectivity index (χ4n) is 2.23. The summed E-state index contributed by atoms with van der Waals surface area (Å²) in [4.78, 5) is 12.1. The molecule has 7 heteroatoms. The minimum absolute atomic E-state index is 0.236. The zero-order chi connectivity index (χ0) is 17.6. The lowest BCUT2D eigenvalue weighted by Gasteiger charge is -2.05. The average Bonchev–Trinajstić information content (AvgIpc) is 3.11. The van der Waals surface area contributed by atoms with E-state index in [1.807, 2.05) is 24.3 Å². The number of nitrogens with zero attached hydrogens (tertiary/aromatic N) is 2. The molecule has 0 saturated heterocycles. The lowest BCUT2D eigenvalue weighted by Crippen LogP contribution is -2.26. The van der Waals surface area contributed by atoms with Crippen molar-refractivity contribution in [2.75, 3.05) is 13.7 Å². The first-order valence-corrected chi connectivity index (χ1v) is 8.04. The zero-order valence-corrected chi connectivity index (χ0v) is 14.3. The standard InChI is InChI=1S/C18H16ClN3O3/c1-24-13-8-6-12(7-9-13)18-22-21-16(25-18)10-11-20-17(23)14-4-2-3-5-15(14)19/h2-9H,10-11H2,1H3,(H,20,23). The molecule has 1 aromatic heterocycles. The van der Waals surface area contributed by atoms with Crippen LogP contribution in [-0.4, -0.2) is 29.8 Å². The number of carbonyl (C=O) groups is 1. The van der Waals surface area contributed by atoms with Gasteiger partial charge in [0, 0.05) is 18.5 Å². The van der Waals surface area contributed by atoms with Gasteiger partial charge < -0.3 is 14.5 Å². The third kappa shape index (κ3) is 4.16. The first-order chi connectivity index (χ1) is 12.2. The largest absolute Gasteiger partial charge is 0.497 e. The molecule has 0 atom stereocenters. The van der Waals surface area contributed by atoms with Crippen molar-refractivity contribution >= 4 is 17.5 Å². The fraction of sp³-hybridized carbons (Fsp3) is 0.167. The normalized spacial score (nSPS) is 10.5. The number of hydrogen-bond donors (Lipinski definition) is 1. The molecule has 0 bridgehead atoms. The van der Waals surface area contributed by atoms with Gasteiger partial charge in [-0.25, -0.2) is 0 Å². The number of hydrogen-bond acceptors (Lipinski definition) is 5. The molecule has 0 spiro atoms. The van der Waals surface area contributed by atoms with E-state index in [9.17, 15) is 4.79 Å². The first-order valence-electron chi connectivity index (χ1n) is 7.67. The van der Waals surface area contributed by atoms with Gasteiger partial charge in [0.15, 0.2) is 0 Å². The van der Waals surface area contributed by atoms with E-state index < -0.39 is 0 Å². The van der Waals surface area contributed by atoms with Gasteiger partial charge in [-0.15, -0.1) is 10.2 Å². The monoisotopic (exact) mass is 357 g/mol. The van der Waals surface area contributed by atoms with Gasteiger partial charge >= 0.3 is 0 Å². The van der Waals surface area contributed by atoms with Crippen LogP contribution in [0.4, 0.5) is 0 Å². The number of amides is 1. The summed E-state index contributed by atoms with van der Waals surface area (Å²) in [7, 11) is 1.61. The Morgan fingerprint density at radius 1 is 1.16 bits per heavy atom. The van der Waals surface area contributed by atoms with E-state index >= 15 is 0 Å². The summed E-state index contributed by atoms with van der Waals surface area (Å²) < 4.78 is 10.7. The molecule has 3 rings (SSSR count). The van der Waals surface area contributed by atoms with Crippen LogP contribution in [0.5, 0.6) is 5.75 Å². The van der Waals surface area contributed by atoms with Crippen LogP contribution in [-0.2, 0) is 6.42 Å². The Morgan fingerprint density at radius 3 is 2.64 bits per heavy atom. The van der Waals surface area contributed by atoms with Gasteiger partial charge in [-0.05, 0) is 36.4 Å². The Labute approximate surface area is 149 Å². The molecule has 0 unspecified atom stereocenters. The molecule has 0 aliphatic heterocycles. The highest BCUT2D eigenvalue weighted by Gasteiger charge is 2.11. The highest BCUT2D eigenvalue weighted by atomic mass is 35.5. The van der Waals surface area contributed by atoms with Crippen LogP contribution < -0.4 is 10.1 Å². The van der Waals surface area contributed by atoms with Gasteiger partial charge in [0.05, 0.1) is 17.7 Å². The van der Waals surface area contributed by atoms with E-state index in [4.69, 9.17) is 20.8 Å². The van der Waals surface area contributed by atoms with Crippen molar-refractivity contribution in [1.82, 2.24) is 15.5 Å². The molecule has 1 N–H and O–H groups in total. The molecular weight excluding hydrogens is 342 g/mol. The molecule has 6 nitrogen and oxygen atoms in total. The Morgan fingerprint density at radius 2 is 1.92 bits per heavy atom. The maximum Gasteiger partial charge on any atom is 0.252 e. The van der Waals surface area contributed by atoms with Crippen molar-refractivity contribution in [3.8, 4) is 17.2 Å². The second-order valence-corrected chi connectivity index (χ2v) is 5.62. The average molecular weight is 358 g/mol. The fourth-order valence-corrected chi connectivity index (χ4v) is 2.45. The number of methoxy groups -OCH3 is 1. The maximum absolute atomic E-state index is 12.1. The molecule has 0 saturated carbocycles. The summed E-state index contributed by atoms with van der Waals surface area (Å²) in [6.45, 7) is 0.369. The molecule has 0 aliphatic rings.